The fourth-order valence-electron chi connectivity index (χ4n) is 7.88. The molecule has 0 unspecified atom stereocenters. The van der Waals surface area contributed by atoms with E-state index in [-0.39, 0.29) is 17.6 Å². The van der Waals surface area contributed by atoms with Gasteiger partial charge in [-0.2, -0.15) is 9.97 Å². The molecular weight excluding hydrogens is 567 g/mol. The highest BCUT2D eigenvalue weighted by molar-refractivity contribution is 6.36. The van der Waals surface area contributed by atoms with Crippen molar-refractivity contribution in [1.29, 1.82) is 0 Å². The lowest BCUT2D eigenvalue weighted by molar-refractivity contribution is -0.130. The van der Waals surface area contributed by atoms with E-state index in [4.69, 9.17) is 26.3 Å². The minimum Gasteiger partial charge on any atom is -0.461 e. The predicted molar refractivity (Wildman–Crippen MR) is 165 cm³/mol. The zero-order valence-corrected chi connectivity index (χ0v) is 24.6. The third kappa shape index (κ3) is 4.27. The highest BCUT2D eigenvalue weighted by Crippen LogP contribution is 2.42. The molecule has 2 atom stereocenters. The van der Waals surface area contributed by atoms with Crippen LogP contribution in [0, 0.1) is 0 Å². The molecule has 0 spiro atoms. The zero-order valence-electron chi connectivity index (χ0n) is 23.8. The molecule has 220 valence electrons. The average Bonchev–Trinajstić information content (AvgIpc) is 3.68. The standard InChI is InChI=1S/C33H32ClFN6O2/c1-20(35)31(42)40-14-9-27-28(40)18-41(27)30-23-8-7-21(24-17-36-16-22-5-2-6-25(34)29(22)24)15-26(23)37-32(38-30)43-19-33-10-3-12-39(33)13-4-11-33/h2,5-8,15-17,27-28H,1,3-4,9-14,18-19H2/t27-,28+/m0/s1. The molecule has 0 radical (unpaired) electrons. The monoisotopic (exact) mass is 598 g/mol. The number of nitrogens with zero attached hydrogens (tertiary/aromatic N) is 6. The van der Waals surface area contributed by atoms with Crippen LogP contribution in [0.3, 0.4) is 0 Å². The second-order valence-electron chi connectivity index (χ2n) is 12.3. The summed E-state index contributed by atoms with van der Waals surface area (Å²) < 4.78 is 20.2. The number of hydrogen-bond donors (Lipinski definition) is 0. The van der Waals surface area contributed by atoms with E-state index in [9.17, 15) is 9.18 Å². The Morgan fingerprint density at radius 2 is 1.93 bits per heavy atom. The van der Waals surface area contributed by atoms with Gasteiger partial charge in [-0.05, 0) is 69.0 Å². The van der Waals surface area contributed by atoms with Gasteiger partial charge < -0.3 is 14.5 Å². The molecule has 2 aromatic heterocycles. The number of aromatic nitrogens is 3. The molecule has 6 heterocycles. The number of benzene rings is 2. The Hall–Kier alpha value is -3.82. The summed E-state index contributed by atoms with van der Waals surface area (Å²) in [5, 5.41) is 3.48. The number of likely N-dealkylation sites (tertiary alicyclic amines) is 1. The van der Waals surface area contributed by atoms with Crippen LogP contribution in [-0.4, -0.2) is 81.1 Å². The Labute approximate surface area is 254 Å². The minimum absolute atomic E-state index is 0.0498. The van der Waals surface area contributed by atoms with Crippen molar-refractivity contribution in [3.63, 3.8) is 0 Å². The molecule has 2 aromatic carbocycles. The van der Waals surface area contributed by atoms with Crippen LogP contribution >= 0.6 is 11.6 Å². The van der Waals surface area contributed by atoms with Crippen LogP contribution < -0.4 is 9.64 Å². The van der Waals surface area contributed by atoms with Gasteiger partial charge in [0.25, 0.3) is 5.91 Å². The largest absolute Gasteiger partial charge is 0.461 e. The molecule has 0 aliphatic carbocycles. The topological polar surface area (TPSA) is 74.7 Å². The highest BCUT2D eigenvalue weighted by atomic mass is 35.5. The molecule has 4 aliphatic heterocycles. The van der Waals surface area contributed by atoms with E-state index in [1.807, 2.05) is 36.7 Å². The van der Waals surface area contributed by atoms with Gasteiger partial charge in [-0.25, -0.2) is 4.39 Å². The lowest BCUT2D eigenvalue weighted by Crippen LogP contribution is -2.63. The molecule has 4 fully saturated rings. The molecule has 0 N–H and O–H groups in total. The van der Waals surface area contributed by atoms with E-state index in [1.165, 1.54) is 12.8 Å². The fraction of sp³-hybridized carbons (Fsp3) is 0.394. The Morgan fingerprint density at radius 3 is 2.74 bits per heavy atom. The van der Waals surface area contributed by atoms with Crippen molar-refractivity contribution in [3.8, 4) is 17.1 Å². The van der Waals surface area contributed by atoms with Gasteiger partial charge in [0, 0.05) is 52.2 Å². The molecule has 4 aliphatic rings. The van der Waals surface area contributed by atoms with Crippen LogP contribution in [0.15, 0.2) is 61.2 Å². The van der Waals surface area contributed by atoms with E-state index in [0.717, 1.165) is 71.0 Å². The van der Waals surface area contributed by atoms with Gasteiger partial charge >= 0.3 is 6.01 Å². The van der Waals surface area contributed by atoms with Gasteiger partial charge in [0.05, 0.1) is 23.1 Å². The van der Waals surface area contributed by atoms with Crippen LogP contribution in [0.5, 0.6) is 6.01 Å². The summed E-state index contributed by atoms with van der Waals surface area (Å²) >= 11 is 6.66. The summed E-state index contributed by atoms with van der Waals surface area (Å²) in [6, 6.07) is 12.3. The zero-order chi connectivity index (χ0) is 29.3. The summed E-state index contributed by atoms with van der Waals surface area (Å²) in [6.45, 7) is 7.09. The van der Waals surface area contributed by atoms with Crippen molar-refractivity contribution >= 4 is 45.0 Å². The van der Waals surface area contributed by atoms with E-state index < -0.39 is 11.7 Å². The summed E-state index contributed by atoms with van der Waals surface area (Å²) in [7, 11) is 0. The molecule has 0 saturated carbocycles. The summed E-state index contributed by atoms with van der Waals surface area (Å²) in [6.07, 6.45) is 9.04. The number of fused-ring (bicyclic) bond motifs is 4. The molecule has 10 heteroatoms. The van der Waals surface area contributed by atoms with Gasteiger partial charge in [-0.3, -0.25) is 14.7 Å². The number of amides is 1. The number of carbonyl (C=O) groups is 1. The first-order valence-corrected chi connectivity index (χ1v) is 15.4. The van der Waals surface area contributed by atoms with Crippen molar-refractivity contribution in [2.45, 2.75) is 49.7 Å². The Kier molecular flexibility index (Phi) is 6.31. The van der Waals surface area contributed by atoms with Gasteiger partial charge in [0.1, 0.15) is 12.4 Å². The van der Waals surface area contributed by atoms with Crippen molar-refractivity contribution in [2.24, 2.45) is 0 Å². The lowest BCUT2D eigenvalue weighted by Gasteiger charge is -2.47. The first-order chi connectivity index (χ1) is 20.9. The van der Waals surface area contributed by atoms with Gasteiger partial charge in [0.2, 0.25) is 0 Å². The minimum atomic E-state index is -0.912. The van der Waals surface area contributed by atoms with Crippen molar-refractivity contribution in [1.82, 2.24) is 24.8 Å². The maximum Gasteiger partial charge on any atom is 0.319 e. The fourth-order valence-corrected chi connectivity index (χ4v) is 8.17. The number of carbonyl (C=O) groups excluding carboxylic acids is 1. The van der Waals surface area contributed by atoms with E-state index in [1.54, 1.807) is 4.90 Å². The summed E-state index contributed by atoms with van der Waals surface area (Å²) in [5.41, 5.74) is 2.71. The van der Waals surface area contributed by atoms with Crippen LogP contribution in [0.25, 0.3) is 32.8 Å². The first kappa shape index (κ1) is 26.8. The van der Waals surface area contributed by atoms with Crippen LogP contribution in [0.2, 0.25) is 5.02 Å². The van der Waals surface area contributed by atoms with Crippen molar-refractivity contribution in [2.75, 3.05) is 37.7 Å². The van der Waals surface area contributed by atoms with Crippen LogP contribution in [0.1, 0.15) is 32.1 Å². The number of pyridine rings is 1. The molecular formula is C33H32ClFN6O2. The van der Waals surface area contributed by atoms with Crippen molar-refractivity contribution in [3.05, 3.63) is 66.2 Å². The maximum atomic E-state index is 13.7. The van der Waals surface area contributed by atoms with Crippen LogP contribution in [-0.2, 0) is 4.79 Å². The van der Waals surface area contributed by atoms with Crippen LogP contribution in [0.4, 0.5) is 10.2 Å². The quantitative estimate of drug-likeness (QED) is 0.261. The number of hydrogen-bond acceptors (Lipinski definition) is 7. The van der Waals surface area contributed by atoms with E-state index in [2.05, 4.69) is 33.5 Å². The molecule has 43 heavy (non-hydrogen) atoms. The molecule has 4 aromatic rings. The first-order valence-electron chi connectivity index (χ1n) is 15.1. The molecule has 1 amide bonds. The molecule has 8 rings (SSSR count). The number of ether oxygens (including phenoxy) is 1. The van der Waals surface area contributed by atoms with Gasteiger partial charge in [-0.15, -0.1) is 0 Å². The number of rotatable bonds is 6. The van der Waals surface area contributed by atoms with E-state index in [0.29, 0.717) is 30.7 Å². The Balaban J connectivity index is 1.19. The van der Waals surface area contributed by atoms with Gasteiger partial charge in [0.15, 0.2) is 5.83 Å². The third-order valence-corrected chi connectivity index (χ3v) is 10.4. The number of anilines is 1. The Morgan fingerprint density at radius 1 is 1.09 bits per heavy atom. The van der Waals surface area contributed by atoms with Crippen molar-refractivity contribution < 1.29 is 13.9 Å². The smallest absolute Gasteiger partial charge is 0.319 e. The summed E-state index contributed by atoms with van der Waals surface area (Å²) in [4.78, 5) is 33.2. The predicted octanol–water partition coefficient (Wildman–Crippen LogP) is 5.78. The molecule has 8 nitrogen and oxygen atoms in total. The second-order valence-corrected chi connectivity index (χ2v) is 12.7. The van der Waals surface area contributed by atoms with E-state index >= 15 is 0 Å². The highest BCUT2D eigenvalue weighted by Gasteiger charge is 2.50. The summed E-state index contributed by atoms with van der Waals surface area (Å²) in [5.74, 6) is -0.750. The molecule has 0 bridgehead atoms. The third-order valence-electron chi connectivity index (χ3n) is 10.0. The number of halogens is 2. The van der Waals surface area contributed by atoms with Gasteiger partial charge in [-0.1, -0.05) is 36.4 Å². The second kappa shape index (κ2) is 10.1. The SMILES string of the molecule is C=C(F)C(=O)N1CC[C@H]2[C@H]1CN2c1nc(OCC23CCCN2CCC3)nc2cc(-c3cncc4cccc(Cl)c34)ccc12. The lowest BCUT2D eigenvalue weighted by atomic mass is 9.95. The Bertz CT molecular complexity index is 1780. The maximum absolute atomic E-state index is 13.7. The normalized spacial score (nSPS) is 22.6. The molecule has 4 saturated heterocycles. The average molecular weight is 599 g/mol.